The predicted molar refractivity (Wildman–Crippen MR) is 83.1 cm³/mol. The SMILES string of the molecule is CCCC(C)C(NC)c1cc(OC)c(OC)cc1Br. The van der Waals surface area contributed by atoms with Gasteiger partial charge in [-0.2, -0.15) is 0 Å². The molecule has 108 valence electrons. The summed E-state index contributed by atoms with van der Waals surface area (Å²) in [5.74, 6) is 2.07. The van der Waals surface area contributed by atoms with Gasteiger partial charge in [0, 0.05) is 10.5 Å². The van der Waals surface area contributed by atoms with Crippen LogP contribution in [0.15, 0.2) is 16.6 Å². The Morgan fingerprint density at radius 1 is 1.21 bits per heavy atom. The number of hydrogen-bond donors (Lipinski definition) is 1. The van der Waals surface area contributed by atoms with E-state index in [2.05, 4.69) is 41.2 Å². The minimum Gasteiger partial charge on any atom is -0.493 e. The average molecular weight is 330 g/mol. The first-order valence-corrected chi connectivity index (χ1v) is 7.46. The van der Waals surface area contributed by atoms with Gasteiger partial charge in [-0.3, -0.25) is 0 Å². The lowest BCUT2D eigenvalue weighted by atomic mass is 9.91. The molecule has 0 aromatic heterocycles. The van der Waals surface area contributed by atoms with Gasteiger partial charge in [0.2, 0.25) is 0 Å². The fraction of sp³-hybridized carbons (Fsp3) is 0.600. The molecule has 0 bridgehead atoms. The standard InChI is InChI=1S/C15H24BrNO2/c1-6-7-10(2)15(17-3)11-8-13(18-4)14(19-5)9-12(11)16/h8-10,15,17H,6-7H2,1-5H3. The molecule has 0 aliphatic carbocycles. The minimum absolute atomic E-state index is 0.300. The van der Waals surface area contributed by atoms with Crippen molar-refractivity contribution < 1.29 is 9.47 Å². The van der Waals surface area contributed by atoms with E-state index in [-0.39, 0.29) is 0 Å². The molecule has 0 aliphatic rings. The molecule has 0 amide bonds. The maximum Gasteiger partial charge on any atom is 0.161 e. The molecule has 2 atom stereocenters. The predicted octanol–water partition coefficient (Wildman–Crippen LogP) is 4.16. The molecule has 0 radical (unpaired) electrons. The van der Waals surface area contributed by atoms with Gasteiger partial charge in [0.1, 0.15) is 0 Å². The van der Waals surface area contributed by atoms with Crippen LogP contribution in [0.1, 0.15) is 38.3 Å². The van der Waals surface area contributed by atoms with E-state index in [1.165, 1.54) is 18.4 Å². The monoisotopic (exact) mass is 329 g/mol. The lowest BCUT2D eigenvalue weighted by molar-refractivity contribution is 0.349. The highest BCUT2D eigenvalue weighted by Crippen LogP contribution is 2.38. The van der Waals surface area contributed by atoms with Gasteiger partial charge in [-0.05, 0) is 37.1 Å². The Balaban J connectivity index is 3.16. The molecule has 4 heteroatoms. The van der Waals surface area contributed by atoms with Gasteiger partial charge in [0.25, 0.3) is 0 Å². The molecular weight excluding hydrogens is 306 g/mol. The normalized spacial score (nSPS) is 14.0. The minimum atomic E-state index is 0.300. The molecule has 0 fully saturated rings. The van der Waals surface area contributed by atoms with Crippen LogP contribution in [0.5, 0.6) is 11.5 Å². The lowest BCUT2D eigenvalue weighted by Gasteiger charge is -2.25. The van der Waals surface area contributed by atoms with E-state index in [0.717, 1.165) is 16.0 Å². The van der Waals surface area contributed by atoms with Gasteiger partial charge in [-0.15, -0.1) is 0 Å². The van der Waals surface area contributed by atoms with Crippen LogP contribution in [-0.4, -0.2) is 21.3 Å². The molecule has 19 heavy (non-hydrogen) atoms. The summed E-state index contributed by atoms with van der Waals surface area (Å²) in [7, 11) is 5.32. The van der Waals surface area contributed by atoms with Crippen LogP contribution in [0.2, 0.25) is 0 Å². The second-order valence-corrected chi connectivity index (χ2v) is 5.62. The summed E-state index contributed by atoms with van der Waals surface area (Å²) < 4.78 is 11.8. The molecule has 3 nitrogen and oxygen atoms in total. The lowest BCUT2D eigenvalue weighted by Crippen LogP contribution is -2.24. The average Bonchev–Trinajstić information content (AvgIpc) is 2.41. The van der Waals surface area contributed by atoms with Crippen LogP contribution >= 0.6 is 15.9 Å². The highest BCUT2D eigenvalue weighted by molar-refractivity contribution is 9.10. The third kappa shape index (κ3) is 3.86. The Morgan fingerprint density at radius 3 is 2.26 bits per heavy atom. The zero-order valence-corrected chi connectivity index (χ0v) is 14.0. The summed E-state index contributed by atoms with van der Waals surface area (Å²) in [6.07, 6.45) is 2.37. The van der Waals surface area contributed by atoms with Gasteiger partial charge < -0.3 is 14.8 Å². The van der Waals surface area contributed by atoms with Crippen molar-refractivity contribution in [3.05, 3.63) is 22.2 Å². The fourth-order valence-corrected chi connectivity index (χ4v) is 3.05. The number of hydrogen-bond acceptors (Lipinski definition) is 3. The van der Waals surface area contributed by atoms with E-state index in [1.54, 1.807) is 14.2 Å². The van der Waals surface area contributed by atoms with E-state index >= 15 is 0 Å². The molecule has 0 heterocycles. The largest absolute Gasteiger partial charge is 0.493 e. The number of halogens is 1. The first kappa shape index (κ1) is 16.3. The molecule has 2 unspecified atom stereocenters. The van der Waals surface area contributed by atoms with Crippen LogP contribution in [0.3, 0.4) is 0 Å². The van der Waals surface area contributed by atoms with Gasteiger partial charge in [0.15, 0.2) is 11.5 Å². The zero-order valence-electron chi connectivity index (χ0n) is 12.4. The summed E-state index contributed by atoms with van der Waals surface area (Å²) in [5.41, 5.74) is 1.21. The first-order chi connectivity index (χ1) is 9.08. The summed E-state index contributed by atoms with van der Waals surface area (Å²) >= 11 is 3.64. The van der Waals surface area contributed by atoms with Gasteiger partial charge in [-0.25, -0.2) is 0 Å². The third-order valence-corrected chi connectivity index (χ3v) is 4.15. The second kappa shape index (κ2) is 7.75. The van der Waals surface area contributed by atoms with Gasteiger partial charge in [-0.1, -0.05) is 36.2 Å². The van der Waals surface area contributed by atoms with Gasteiger partial charge >= 0.3 is 0 Å². The van der Waals surface area contributed by atoms with E-state index in [9.17, 15) is 0 Å². The Hall–Kier alpha value is -0.740. The molecule has 1 N–H and O–H groups in total. The van der Waals surface area contributed by atoms with Crippen molar-refractivity contribution in [3.8, 4) is 11.5 Å². The Kier molecular flexibility index (Phi) is 6.66. The maximum absolute atomic E-state index is 5.39. The summed E-state index contributed by atoms with van der Waals surface area (Å²) in [6.45, 7) is 4.49. The second-order valence-electron chi connectivity index (χ2n) is 4.76. The topological polar surface area (TPSA) is 30.5 Å². The molecule has 1 aromatic carbocycles. The summed E-state index contributed by atoms with van der Waals surface area (Å²) in [5, 5.41) is 3.41. The molecular formula is C15H24BrNO2. The molecule has 0 saturated carbocycles. The summed E-state index contributed by atoms with van der Waals surface area (Å²) in [6, 6.07) is 4.32. The molecule has 1 aromatic rings. The van der Waals surface area contributed by atoms with E-state index in [0.29, 0.717) is 12.0 Å². The van der Waals surface area contributed by atoms with E-state index in [4.69, 9.17) is 9.47 Å². The third-order valence-electron chi connectivity index (χ3n) is 3.46. The Morgan fingerprint density at radius 2 is 1.79 bits per heavy atom. The van der Waals surface area contributed by atoms with Gasteiger partial charge in [0.05, 0.1) is 14.2 Å². The number of rotatable bonds is 7. The molecule has 1 rings (SSSR count). The number of ether oxygens (including phenoxy) is 2. The van der Waals surface area contributed by atoms with Crippen molar-refractivity contribution in [2.75, 3.05) is 21.3 Å². The smallest absolute Gasteiger partial charge is 0.161 e. The highest BCUT2D eigenvalue weighted by Gasteiger charge is 2.21. The van der Waals surface area contributed by atoms with Crippen LogP contribution < -0.4 is 14.8 Å². The van der Waals surface area contributed by atoms with Crippen molar-refractivity contribution in [2.24, 2.45) is 5.92 Å². The Bertz CT molecular complexity index is 409. The molecule has 0 spiro atoms. The first-order valence-electron chi connectivity index (χ1n) is 6.67. The van der Waals surface area contributed by atoms with Crippen LogP contribution in [-0.2, 0) is 0 Å². The molecule has 0 saturated heterocycles. The fourth-order valence-electron chi connectivity index (χ4n) is 2.48. The maximum atomic E-state index is 5.39. The van der Waals surface area contributed by atoms with Crippen LogP contribution in [0.25, 0.3) is 0 Å². The number of methoxy groups -OCH3 is 2. The highest BCUT2D eigenvalue weighted by atomic mass is 79.9. The van der Waals surface area contributed by atoms with Crippen molar-refractivity contribution in [1.29, 1.82) is 0 Å². The van der Waals surface area contributed by atoms with Crippen LogP contribution in [0, 0.1) is 5.92 Å². The zero-order chi connectivity index (χ0) is 14.4. The number of benzene rings is 1. The van der Waals surface area contributed by atoms with Crippen LogP contribution in [0.4, 0.5) is 0 Å². The summed E-state index contributed by atoms with van der Waals surface area (Å²) in [4.78, 5) is 0. The quantitative estimate of drug-likeness (QED) is 0.814. The molecule has 0 aliphatic heterocycles. The Labute approximate surface area is 124 Å². The van der Waals surface area contributed by atoms with E-state index < -0.39 is 0 Å². The number of nitrogens with one attached hydrogen (secondary N) is 1. The van der Waals surface area contributed by atoms with Crippen molar-refractivity contribution in [3.63, 3.8) is 0 Å². The van der Waals surface area contributed by atoms with E-state index in [1.807, 2.05) is 13.1 Å². The van der Waals surface area contributed by atoms with Crippen molar-refractivity contribution in [1.82, 2.24) is 5.32 Å². The van der Waals surface area contributed by atoms with Crippen molar-refractivity contribution in [2.45, 2.75) is 32.7 Å². The van der Waals surface area contributed by atoms with Crippen molar-refractivity contribution >= 4 is 15.9 Å².